The molecule has 1 heterocycles. The molecule has 0 atom stereocenters. The Morgan fingerprint density at radius 3 is 2.48 bits per heavy atom. The second-order valence-corrected chi connectivity index (χ2v) is 5.98. The highest BCUT2D eigenvalue weighted by Crippen LogP contribution is 2.30. The maximum Gasteiger partial charge on any atom is 0.335 e. The molecule has 3 rings (SSSR count). The van der Waals surface area contributed by atoms with E-state index in [9.17, 15) is 19.5 Å². The number of carbonyl (C=O) groups is 3. The highest BCUT2D eigenvalue weighted by molar-refractivity contribution is 6.39. The Balaban J connectivity index is 1.96. The lowest BCUT2D eigenvalue weighted by Crippen LogP contribution is -2.54. The molecule has 148 valence electrons. The smallest absolute Gasteiger partial charge is 0.335 e. The zero-order valence-electron chi connectivity index (χ0n) is 15.5. The highest BCUT2D eigenvalue weighted by atomic mass is 16.5. The van der Waals surface area contributed by atoms with Crippen LogP contribution in [0.5, 0.6) is 17.2 Å². The van der Waals surface area contributed by atoms with Crippen LogP contribution in [0.3, 0.4) is 0 Å². The molecule has 0 bridgehead atoms. The topological polar surface area (TPSA) is 105 Å². The normalized spacial score (nSPS) is 15.3. The number of anilines is 1. The summed E-state index contributed by atoms with van der Waals surface area (Å²) in [6.07, 6.45) is 2.95. The number of benzene rings is 2. The zero-order valence-corrected chi connectivity index (χ0v) is 15.5. The number of barbiturate groups is 1. The summed E-state index contributed by atoms with van der Waals surface area (Å²) >= 11 is 0. The van der Waals surface area contributed by atoms with E-state index in [1.807, 2.05) is 0 Å². The predicted octanol–water partition coefficient (Wildman–Crippen LogP) is 2.63. The minimum atomic E-state index is -0.867. The van der Waals surface area contributed by atoms with Gasteiger partial charge in [0.05, 0.1) is 12.8 Å². The van der Waals surface area contributed by atoms with Crippen LogP contribution in [0.2, 0.25) is 0 Å². The average Bonchev–Trinajstić information content (AvgIpc) is 2.71. The van der Waals surface area contributed by atoms with Crippen molar-refractivity contribution in [2.75, 3.05) is 18.6 Å². The highest BCUT2D eigenvalue weighted by Gasteiger charge is 2.36. The first kappa shape index (κ1) is 19.7. The molecule has 0 saturated carbocycles. The summed E-state index contributed by atoms with van der Waals surface area (Å²) in [5, 5.41) is 11.5. The molecule has 1 fully saturated rings. The zero-order chi connectivity index (χ0) is 21.0. The van der Waals surface area contributed by atoms with E-state index in [0.29, 0.717) is 23.7 Å². The molecule has 0 spiro atoms. The number of nitrogens with zero attached hydrogens (tertiary/aromatic N) is 1. The average molecular weight is 394 g/mol. The van der Waals surface area contributed by atoms with E-state index in [0.717, 1.165) is 4.90 Å². The summed E-state index contributed by atoms with van der Waals surface area (Å²) in [4.78, 5) is 38.1. The van der Waals surface area contributed by atoms with Gasteiger partial charge in [0.1, 0.15) is 17.9 Å². The van der Waals surface area contributed by atoms with Crippen molar-refractivity contribution >= 4 is 29.6 Å². The fraction of sp³-hybridized carbons (Fsp3) is 0.0952. The fourth-order valence-corrected chi connectivity index (χ4v) is 2.70. The minimum absolute atomic E-state index is 0.0173. The van der Waals surface area contributed by atoms with E-state index in [1.165, 1.54) is 37.5 Å². The van der Waals surface area contributed by atoms with Crippen molar-refractivity contribution in [3.8, 4) is 17.2 Å². The van der Waals surface area contributed by atoms with Crippen molar-refractivity contribution < 1.29 is 29.0 Å². The van der Waals surface area contributed by atoms with Gasteiger partial charge in [0.15, 0.2) is 11.5 Å². The number of methoxy groups -OCH3 is 1. The third kappa shape index (κ3) is 4.11. The van der Waals surface area contributed by atoms with Gasteiger partial charge >= 0.3 is 6.03 Å². The number of hydrogen-bond acceptors (Lipinski definition) is 6. The number of hydrogen-bond donors (Lipinski definition) is 2. The number of nitrogens with one attached hydrogen (secondary N) is 1. The van der Waals surface area contributed by atoms with Crippen LogP contribution in [-0.4, -0.2) is 36.7 Å². The lowest BCUT2D eigenvalue weighted by Gasteiger charge is -2.26. The van der Waals surface area contributed by atoms with Crippen molar-refractivity contribution in [3.05, 3.63) is 66.3 Å². The molecule has 1 saturated heterocycles. The van der Waals surface area contributed by atoms with Gasteiger partial charge in [0.2, 0.25) is 0 Å². The first-order valence-corrected chi connectivity index (χ1v) is 8.57. The second kappa shape index (κ2) is 8.30. The maximum atomic E-state index is 12.8. The molecular weight excluding hydrogens is 376 g/mol. The molecule has 29 heavy (non-hydrogen) atoms. The van der Waals surface area contributed by atoms with Gasteiger partial charge in [-0.25, -0.2) is 9.69 Å². The van der Waals surface area contributed by atoms with Crippen LogP contribution >= 0.6 is 0 Å². The van der Waals surface area contributed by atoms with E-state index in [2.05, 4.69) is 11.9 Å². The molecule has 2 aromatic carbocycles. The Kier molecular flexibility index (Phi) is 5.64. The van der Waals surface area contributed by atoms with Crippen molar-refractivity contribution in [3.63, 3.8) is 0 Å². The quantitative estimate of drug-likeness (QED) is 0.443. The first-order chi connectivity index (χ1) is 13.9. The molecule has 1 aliphatic heterocycles. The number of phenols is 1. The predicted molar refractivity (Wildman–Crippen MR) is 106 cm³/mol. The molecule has 0 unspecified atom stereocenters. The summed E-state index contributed by atoms with van der Waals surface area (Å²) in [5.41, 5.74) is 0.500. The third-order valence-corrected chi connectivity index (χ3v) is 4.06. The van der Waals surface area contributed by atoms with Gasteiger partial charge in [-0.15, -0.1) is 0 Å². The van der Waals surface area contributed by atoms with E-state index in [4.69, 9.17) is 9.47 Å². The lowest BCUT2D eigenvalue weighted by atomic mass is 10.1. The molecular formula is C21H18N2O6. The van der Waals surface area contributed by atoms with Gasteiger partial charge in [0, 0.05) is 0 Å². The number of rotatable bonds is 6. The molecule has 4 amide bonds. The SMILES string of the molecule is C=CCOc1ccc(/C=C2\C(=O)NC(=O)N(c3ccc(O)cc3)C2=O)cc1OC. The number of ether oxygens (including phenoxy) is 2. The molecule has 8 heteroatoms. The van der Waals surface area contributed by atoms with Crippen LogP contribution in [0.25, 0.3) is 6.08 Å². The summed E-state index contributed by atoms with van der Waals surface area (Å²) < 4.78 is 10.8. The number of carbonyl (C=O) groups excluding carboxylic acids is 3. The summed E-state index contributed by atoms with van der Waals surface area (Å²) in [6.45, 7) is 3.88. The maximum absolute atomic E-state index is 12.8. The van der Waals surface area contributed by atoms with E-state index >= 15 is 0 Å². The Morgan fingerprint density at radius 1 is 1.10 bits per heavy atom. The Morgan fingerprint density at radius 2 is 1.83 bits per heavy atom. The monoisotopic (exact) mass is 394 g/mol. The molecule has 0 radical (unpaired) electrons. The van der Waals surface area contributed by atoms with Gasteiger partial charge in [-0.1, -0.05) is 18.7 Å². The standard InChI is InChI=1S/C21H18N2O6/c1-3-10-29-17-9-4-13(12-18(17)28-2)11-16-19(25)22-21(27)23(20(16)26)14-5-7-15(24)8-6-14/h3-9,11-12,24H,1,10H2,2H3,(H,22,25,27)/b16-11+. The Labute approximate surface area is 166 Å². The largest absolute Gasteiger partial charge is 0.508 e. The van der Waals surface area contributed by atoms with Crippen LogP contribution in [0.15, 0.2) is 60.7 Å². The van der Waals surface area contributed by atoms with Gasteiger partial charge in [-0.3, -0.25) is 14.9 Å². The number of urea groups is 1. The number of aromatic hydroxyl groups is 1. The van der Waals surface area contributed by atoms with Crippen LogP contribution in [0, 0.1) is 0 Å². The summed E-state index contributed by atoms with van der Waals surface area (Å²) in [6, 6.07) is 9.50. The molecule has 2 aromatic rings. The summed E-state index contributed by atoms with van der Waals surface area (Å²) in [5.74, 6) is -0.709. The van der Waals surface area contributed by atoms with Crippen molar-refractivity contribution in [2.45, 2.75) is 0 Å². The molecule has 0 aliphatic carbocycles. The van der Waals surface area contributed by atoms with E-state index in [-0.39, 0.29) is 17.0 Å². The Hall–Kier alpha value is -4.07. The van der Waals surface area contributed by atoms with Gasteiger partial charge in [-0.05, 0) is 48.0 Å². The molecule has 2 N–H and O–H groups in total. The van der Waals surface area contributed by atoms with E-state index in [1.54, 1.807) is 24.3 Å². The van der Waals surface area contributed by atoms with Crippen molar-refractivity contribution in [1.29, 1.82) is 0 Å². The van der Waals surface area contributed by atoms with Gasteiger partial charge < -0.3 is 14.6 Å². The first-order valence-electron chi connectivity index (χ1n) is 8.57. The fourth-order valence-electron chi connectivity index (χ4n) is 2.70. The molecule has 8 nitrogen and oxygen atoms in total. The minimum Gasteiger partial charge on any atom is -0.508 e. The van der Waals surface area contributed by atoms with Crippen LogP contribution in [0.4, 0.5) is 10.5 Å². The van der Waals surface area contributed by atoms with E-state index < -0.39 is 17.8 Å². The number of amides is 4. The molecule has 1 aliphatic rings. The second-order valence-electron chi connectivity index (χ2n) is 5.98. The van der Waals surface area contributed by atoms with Crippen LogP contribution in [0.1, 0.15) is 5.56 Å². The van der Waals surface area contributed by atoms with Crippen molar-refractivity contribution in [2.24, 2.45) is 0 Å². The van der Waals surface area contributed by atoms with Gasteiger partial charge in [0.25, 0.3) is 11.8 Å². The van der Waals surface area contributed by atoms with Gasteiger partial charge in [-0.2, -0.15) is 0 Å². The number of imide groups is 2. The van der Waals surface area contributed by atoms with Crippen LogP contribution < -0.4 is 19.7 Å². The number of phenolic OH excluding ortho intramolecular Hbond substituents is 1. The summed E-state index contributed by atoms with van der Waals surface area (Å²) in [7, 11) is 1.47. The lowest BCUT2D eigenvalue weighted by molar-refractivity contribution is -0.122. The van der Waals surface area contributed by atoms with Crippen LogP contribution in [-0.2, 0) is 9.59 Å². The molecule has 0 aromatic heterocycles. The third-order valence-electron chi connectivity index (χ3n) is 4.06. The Bertz CT molecular complexity index is 1010. The van der Waals surface area contributed by atoms with Crippen molar-refractivity contribution in [1.82, 2.24) is 5.32 Å².